The number of nitrogens with zero attached hydrogens (tertiary/aromatic N) is 3. The Morgan fingerprint density at radius 3 is 2.72 bits per heavy atom. The molecule has 25 heavy (non-hydrogen) atoms. The average Bonchev–Trinajstić information content (AvgIpc) is 2.51. The Kier molecular flexibility index (Phi) is 4.56. The van der Waals surface area contributed by atoms with E-state index in [1.807, 2.05) is 4.90 Å². The molecule has 2 aromatic rings. The second-order valence-corrected chi connectivity index (χ2v) is 7.71. The van der Waals surface area contributed by atoms with Crippen LogP contribution >= 0.6 is 27.5 Å². The van der Waals surface area contributed by atoms with Crippen LogP contribution in [0.15, 0.2) is 22.9 Å². The molecular weight excluding hydrogens is 410 g/mol. The topological polar surface area (TPSA) is 64.5 Å². The molecule has 0 aromatic carbocycles. The van der Waals surface area contributed by atoms with Gasteiger partial charge in [-0.2, -0.15) is 0 Å². The van der Waals surface area contributed by atoms with Gasteiger partial charge in [0.1, 0.15) is 11.3 Å². The highest BCUT2D eigenvalue weighted by molar-refractivity contribution is 9.10. The minimum Gasteiger partial charge on any atom is -0.474 e. The number of fused-ring (bicyclic) bond motifs is 1. The first-order valence-electron chi connectivity index (χ1n) is 8.13. The van der Waals surface area contributed by atoms with Crippen LogP contribution in [0.1, 0.15) is 12.8 Å². The summed E-state index contributed by atoms with van der Waals surface area (Å²) in [6.07, 6.45) is 4.98. The first-order chi connectivity index (χ1) is 12.0. The summed E-state index contributed by atoms with van der Waals surface area (Å²) in [6, 6.07) is 1.78. The van der Waals surface area contributed by atoms with Crippen molar-refractivity contribution in [3.05, 3.63) is 28.1 Å². The maximum absolute atomic E-state index is 12.3. The lowest BCUT2D eigenvalue weighted by atomic mass is 9.80. The van der Waals surface area contributed by atoms with Crippen molar-refractivity contribution in [3.63, 3.8) is 0 Å². The molecular formula is C17H17BrClN3O3. The van der Waals surface area contributed by atoms with Crippen molar-refractivity contribution in [2.24, 2.45) is 5.92 Å². The molecule has 0 unspecified atom stereocenters. The molecule has 1 aliphatic heterocycles. The summed E-state index contributed by atoms with van der Waals surface area (Å²) in [4.78, 5) is 22.6. The fraction of sp³-hybridized carbons (Fsp3) is 0.471. The van der Waals surface area contributed by atoms with Gasteiger partial charge in [0.05, 0.1) is 11.5 Å². The molecule has 0 atom stereocenters. The summed E-state index contributed by atoms with van der Waals surface area (Å²) in [6.45, 7) is 1.39. The fourth-order valence-corrected chi connectivity index (χ4v) is 3.78. The first-order valence-corrected chi connectivity index (χ1v) is 9.30. The van der Waals surface area contributed by atoms with E-state index in [0.29, 0.717) is 37.0 Å². The minimum atomic E-state index is 0.000928. The van der Waals surface area contributed by atoms with Crippen LogP contribution < -0.4 is 4.74 Å². The molecule has 2 aliphatic rings. The lowest BCUT2D eigenvalue weighted by Gasteiger charge is -2.43. The Morgan fingerprint density at radius 1 is 1.24 bits per heavy atom. The molecule has 1 aliphatic carbocycles. The van der Waals surface area contributed by atoms with E-state index >= 15 is 0 Å². The van der Waals surface area contributed by atoms with Gasteiger partial charge in [-0.15, -0.1) is 0 Å². The SMILES string of the molecule is COC1CN(C(=O)C2CC(Oc3ncc(Br)c4cc(Cl)ncc34)C2)C1. The lowest BCUT2D eigenvalue weighted by molar-refractivity contribution is -0.153. The third-order valence-corrected chi connectivity index (χ3v) is 5.71. The summed E-state index contributed by atoms with van der Waals surface area (Å²) >= 11 is 9.43. The van der Waals surface area contributed by atoms with E-state index in [-0.39, 0.29) is 24.0 Å². The number of rotatable bonds is 4. The van der Waals surface area contributed by atoms with Crippen LogP contribution in [0.4, 0.5) is 0 Å². The lowest BCUT2D eigenvalue weighted by Crippen LogP contribution is -2.58. The predicted octanol–water partition coefficient (Wildman–Crippen LogP) is 3.06. The molecule has 132 valence electrons. The van der Waals surface area contributed by atoms with E-state index in [9.17, 15) is 4.79 Å². The first kappa shape index (κ1) is 17.0. The Morgan fingerprint density at radius 2 is 2.00 bits per heavy atom. The van der Waals surface area contributed by atoms with Crippen molar-refractivity contribution in [2.75, 3.05) is 20.2 Å². The van der Waals surface area contributed by atoms with Crippen molar-refractivity contribution in [1.82, 2.24) is 14.9 Å². The molecule has 0 radical (unpaired) electrons. The number of carbonyl (C=O) groups excluding carboxylic acids is 1. The van der Waals surface area contributed by atoms with Gasteiger partial charge in [-0.1, -0.05) is 11.6 Å². The zero-order valence-electron chi connectivity index (χ0n) is 13.6. The van der Waals surface area contributed by atoms with Crippen LogP contribution in [-0.2, 0) is 9.53 Å². The van der Waals surface area contributed by atoms with Gasteiger partial charge >= 0.3 is 0 Å². The van der Waals surface area contributed by atoms with Gasteiger partial charge in [-0.25, -0.2) is 9.97 Å². The third kappa shape index (κ3) is 3.20. The zero-order chi connectivity index (χ0) is 17.6. The number of ether oxygens (including phenoxy) is 2. The number of amides is 1. The Balaban J connectivity index is 1.39. The van der Waals surface area contributed by atoms with Crippen molar-refractivity contribution in [1.29, 1.82) is 0 Å². The molecule has 1 saturated heterocycles. The van der Waals surface area contributed by atoms with Gasteiger partial charge < -0.3 is 14.4 Å². The van der Waals surface area contributed by atoms with Crippen LogP contribution in [0.5, 0.6) is 5.88 Å². The Hall–Kier alpha value is -1.44. The number of aromatic nitrogens is 2. The number of pyridine rings is 2. The van der Waals surface area contributed by atoms with Gasteiger partial charge in [-0.05, 0) is 34.8 Å². The van der Waals surface area contributed by atoms with Gasteiger partial charge in [0.2, 0.25) is 11.8 Å². The van der Waals surface area contributed by atoms with Crippen LogP contribution in [0, 0.1) is 5.92 Å². The van der Waals surface area contributed by atoms with Crippen molar-refractivity contribution < 1.29 is 14.3 Å². The van der Waals surface area contributed by atoms with Gasteiger partial charge in [-0.3, -0.25) is 4.79 Å². The number of hydrogen-bond donors (Lipinski definition) is 0. The van der Waals surface area contributed by atoms with Crippen LogP contribution in [0.2, 0.25) is 5.15 Å². The number of likely N-dealkylation sites (tertiary alicyclic amines) is 1. The molecule has 0 spiro atoms. The second kappa shape index (κ2) is 6.70. The van der Waals surface area contributed by atoms with E-state index in [2.05, 4.69) is 25.9 Å². The maximum Gasteiger partial charge on any atom is 0.226 e. The van der Waals surface area contributed by atoms with Crippen LogP contribution in [0.3, 0.4) is 0 Å². The predicted molar refractivity (Wildman–Crippen MR) is 96.8 cm³/mol. The highest BCUT2D eigenvalue weighted by Gasteiger charge is 2.42. The van der Waals surface area contributed by atoms with Crippen molar-refractivity contribution >= 4 is 44.2 Å². The van der Waals surface area contributed by atoms with E-state index in [1.54, 1.807) is 25.6 Å². The summed E-state index contributed by atoms with van der Waals surface area (Å²) < 4.78 is 12.1. The molecule has 6 nitrogen and oxygen atoms in total. The molecule has 0 N–H and O–H groups in total. The number of methoxy groups -OCH3 is 1. The normalized spacial score (nSPS) is 23.2. The molecule has 1 saturated carbocycles. The van der Waals surface area contributed by atoms with Gasteiger partial charge in [0.15, 0.2) is 0 Å². The number of carbonyl (C=O) groups is 1. The minimum absolute atomic E-state index is 0.000928. The average molecular weight is 427 g/mol. The summed E-state index contributed by atoms with van der Waals surface area (Å²) in [5.74, 6) is 0.772. The summed E-state index contributed by atoms with van der Waals surface area (Å²) in [7, 11) is 1.68. The molecule has 8 heteroatoms. The van der Waals surface area contributed by atoms with E-state index in [4.69, 9.17) is 21.1 Å². The van der Waals surface area contributed by atoms with Crippen LogP contribution in [0.25, 0.3) is 10.8 Å². The van der Waals surface area contributed by atoms with Crippen molar-refractivity contribution in [2.45, 2.75) is 25.0 Å². The van der Waals surface area contributed by atoms with Crippen LogP contribution in [-0.4, -0.2) is 53.2 Å². The van der Waals surface area contributed by atoms with E-state index in [0.717, 1.165) is 15.2 Å². The third-order valence-electron chi connectivity index (χ3n) is 4.87. The largest absolute Gasteiger partial charge is 0.474 e. The summed E-state index contributed by atoms with van der Waals surface area (Å²) in [5, 5.41) is 2.13. The smallest absolute Gasteiger partial charge is 0.226 e. The van der Waals surface area contributed by atoms with Gasteiger partial charge in [0, 0.05) is 48.4 Å². The second-order valence-electron chi connectivity index (χ2n) is 6.47. The standard InChI is InChI=1S/C17H17BrClN3O3/c1-24-11-7-22(8-11)17(23)9-2-10(3-9)25-16-13-5-20-15(19)4-12(13)14(18)6-21-16/h4-6,9-11H,2-3,7-8H2,1H3. The molecule has 1 amide bonds. The number of hydrogen-bond acceptors (Lipinski definition) is 5. The maximum atomic E-state index is 12.3. The Labute approximate surface area is 158 Å². The quantitative estimate of drug-likeness (QED) is 0.703. The fourth-order valence-electron chi connectivity index (χ4n) is 3.19. The summed E-state index contributed by atoms with van der Waals surface area (Å²) in [5.41, 5.74) is 0. The van der Waals surface area contributed by atoms with E-state index < -0.39 is 0 Å². The molecule has 0 bridgehead atoms. The Bertz CT molecular complexity index is 822. The zero-order valence-corrected chi connectivity index (χ0v) is 16.0. The molecule has 4 rings (SSSR count). The highest BCUT2D eigenvalue weighted by atomic mass is 79.9. The van der Waals surface area contributed by atoms with Crippen molar-refractivity contribution in [3.8, 4) is 5.88 Å². The van der Waals surface area contributed by atoms with E-state index in [1.165, 1.54) is 0 Å². The molecule has 2 fully saturated rings. The monoisotopic (exact) mass is 425 g/mol. The molecule has 3 heterocycles. The number of halogens is 2. The molecule has 2 aromatic heterocycles. The van der Waals surface area contributed by atoms with Gasteiger partial charge in [0.25, 0.3) is 0 Å². The highest BCUT2D eigenvalue weighted by Crippen LogP contribution is 2.36.